The van der Waals surface area contributed by atoms with Gasteiger partial charge >= 0.3 is 0 Å². The van der Waals surface area contributed by atoms with Crippen LogP contribution in [-0.2, 0) is 6.42 Å². The Kier molecular flexibility index (Phi) is 2.43. The molecule has 0 heterocycles. The molecular weight excluding hydrogens is 248 g/mol. The minimum absolute atomic E-state index is 0.147. The second-order valence-corrected chi connectivity index (χ2v) is 6.84. The predicted molar refractivity (Wildman–Crippen MR) is 80.0 cm³/mol. The Bertz CT molecular complexity index is 691. The highest BCUT2D eigenvalue weighted by molar-refractivity contribution is 5.88. The third kappa shape index (κ3) is 1.61. The van der Waals surface area contributed by atoms with Crippen LogP contribution in [0.15, 0.2) is 30.3 Å². The second-order valence-electron chi connectivity index (χ2n) is 6.84. The molecule has 0 saturated heterocycles. The Labute approximate surface area is 119 Å². The van der Waals surface area contributed by atoms with Crippen LogP contribution in [0.25, 0.3) is 10.8 Å². The van der Waals surface area contributed by atoms with Gasteiger partial charge in [0.1, 0.15) is 5.75 Å². The zero-order valence-corrected chi connectivity index (χ0v) is 11.8. The van der Waals surface area contributed by atoms with E-state index in [9.17, 15) is 10.2 Å². The molecule has 0 radical (unpaired) electrons. The van der Waals surface area contributed by atoms with Gasteiger partial charge in [-0.15, -0.1) is 0 Å². The molecule has 2 N–H and O–H groups in total. The maximum atomic E-state index is 10.1. The highest BCUT2D eigenvalue weighted by Crippen LogP contribution is 2.56. The number of aryl methyl sites for hydroxylation is 1. The van der Waals surface area contributed by atoms with Gasteiger partial charge in [-0.2, -0.15) is 0 Å². The Balaban J connectivity index is 1.92. The van der Waals surface area contributed by atoms with Gasteiger partial charge in [0.15, 0.2) is 0 Å². The van der Waals surface area contributed by atoms with Gasteiger partial charge in [0.2, 0.25) is 0 Å². The molecule has 0 unspecified atom stereocenters. The first kappa shape index (κ1) is 12.2. The molecule has 2 aromatic carbocycles. The molecule has 1 fully saturated rings. The van der Waals surface area contributed by atoms with Gasteiger partial charge in [0.05, 0.1) is 6.10 Å². The smallest absolute Gasteiger partial charge is 0.116 e. The van der Waals surface area contributed by atoms with Crippen LogP contribution >= 0.6 is 0 Å². The third-order valence-electron chi connectivity index (χ3n) is 5.52. The molecule has 0 bridgehead atoms. The van der Waals surface area contributed by atoms with E-state index in [0.717, 1.165) is 31.1 Å². The zero-order chi connectivity index (χ0) is 13.9. The summed E-state index contributed by atoms with van der Waals surface area (Å²) in [5, 5.41) is 22.1. The first-order valence-corrected chi connectivity index (χ1v) is 7.49. The minimum atomic E-state index is -0.147. The van der Waals surface area contributed by atoms with E-state index in [0.29, 0.717) is 11.7 Å². The molecule has 4 rings (SSSR count). The molecule has 2 aliphatic carbocycles. The van der Waals surface area contributed by atoms with E-state index < -0.39 is 0 Å². The molecule has 2 aliphatic rings. The van der Waals surface area contributed by atoms with Gasteiger partial charge in [0.25, 0.3) is 0 Å². The fourth-order valence-electron chi connectivity index (χ4n) is 4.51. The average Bonchev–Trinajstić information content (AvgIpc) is 2.72. The number of hydrogen-bond acceptors (Lipinski definition) is 2. The van der Waals surface area contributed by atoms with E-state index >= 15 is 0 Å². The normalized spacial score (nSPS) is 32.1. The molecule has 0 spiro atoms. The van der Waals surface area contributed by atoms with E-state index in [1.807, 2.05) is 12.1 Å². The summed E-state index contributed by atoms with van der Waals surface area (Å²) in [5.41, 5.74) is 3.12. The zero-order valence-electron chi connectivity index (χ0n) is 11.8. The summed E-state index contributed by atoms with van der Waals surface area (Å²) in [6.07, 6.45) is 3.92. The summed E-state index contributed by atoms with van der Waals surface area (Å²) in [6, 6.07) is 9.99. The van der Waals surface area contributed by atoms with Crippen molar-refractivity contribution in [3.63, 3.8) is 0 Å². The molecule has 20 heavy (non-hydrogen) atoms. The fourth-order valence-corrected chi connectivity index (χ4v) is 4.51. The van der Waals surface area contributed by atoms with E-state index in [1.54, 1.807) is 6.07 Å². The van der Waals surface area contributed by atoms with E-state index in [1.165, 1.54) is 16.5 Å². The van der Waals surface area contributed by atoms with Gasteiger partial charge < -0.3 is 10.2 Å². The summed E-state index contributed by atoms with van der Waals surface area (Å²) in [6.45, 7) is 2.33. The standard InChI is InChI=1S/C18H20O2/c1-18-7-6-15-14-5-3-12(19)8-11(14)2-4-16(15)17(18)9-13(20)10-18/h2-5,8,13,17,19-20H,6-7,9-10H2,1H3/t13-,17-,18+/m0/s1. The number of phenols is 1. The monoisotopic (exact) mass is 268 g/mol. The molecule has 104 valence electrons. The first-order chi connectivity index (χ1) is 9.57. The highest BCUT2D eigenvalue weighted by atomic mass is 16.3. The predicted octanol–water partition coefficient (Wildman–Crippen LogP) is 3.74. The molecule has 0 amide bonds. The minimum Gasteiger partial charge on any atom is -0.508 e. The number of aromatic hydroxyl groups is 1. The third-order valence-corrected chi connectivity index (χ3v) is 5.52. The number of fused-ring (bicyclic) bond motifs is 5. The SMILES string of the molecule is C[C@]12CCc3c(ccc4cc(O)ccc34)[C@@H]1C[C@H](O)C2. The van der Waals surface area contributed by atoms with Crippen molar-refractivity contribution in [2.75, 3.05) is 0 Å². The van der Waals surface area contributed by atoms with Crippen molar-refractivity contribution < 1.29 is 10.2 Å². The summed E-state index contributed by atoms with van der Waals surface area (Å²) < 4.78 is 0. The van der Waals surface area contributed by atoms with Crippen LogP contribution in [0.2, 0.25) is 0 Å². The average molecular weight is 268 g/mol. The molecule has 3 atom stereocenters. The van der Waals surface area contributed by atoms with Crippen LogP contribution in [0.4, 0.5) is 0 Å². The molecule has 2 aromatic rings. The van der Waals surface area contributed by atoms with Crippen molar-refractivity contribution in [2.45, 2.75) is 44.6 Å². The molecular formula is C18H20O2. The Morgan fingerprint density at radius 1 is 1.20 bits per heavy atom. The van der Waals surface area contributed by atoms with E-state index in [4.69, 9.17) is 0 Å². The van der Waals surface area contributed by atoms with Crippen LogP contribution in [0.1, 0.15) is 43.2 Å². The van der Waals surface area contributed by atoms with Gasteiger partial charge in [-0.1, -0.05) is 25.1 Å². The number of aliphatic hydroxyl groups is 1. The van der Waals surface area contributed by atoms with Gasteiger partial charge in [0, 0.05) is 0 Å². The van der Waals surface area contributed by atoms with Gasteiger partial charge in [-0.25, -0.2) is 0 Å². The quantitative estimate of drug-likeness (QED) is 0.764. The topological polar surface area (TPSA) is 40.5 Å². The number of phenolic OH excluding ortho intramolecular Hbond substituents is 1. The lowest BCUT2D eigenvalue weighted by atomic mass is 9.66. The Morgan fingerprint density at radius 3 is 2.90 bits per heavy atom. The molecule has 2 nitrogen and oxygen atoms in total. The van der Waals surface area contributed by atoms with Crippen molar-refractivity contribution in [3.05, 3.63) is 41.5 Å². The van der Waals surface area contributed by atoms with Gasteiger partial charge in [-0.05, 0) is 71.0 Å². The largest absolute Gasteiger partial charge is 0.508 e. The van der Waals surface area contributed by atoms with Crippen LogP contribution in [-0.4, -0.2) is 16.3 Å². The maximum Gasteiger partial charge on any atom is 0.116 e. The molecule has 2 heteroatoms. The van der Waals surface area contributed by atoms with Crippen LogP contribution in [0.5, 0.6) is 5.75 Å². The van der Waals surface area contributed by atoms with Gasteiger partial charge in [-0.3, -0.25) is 0 Å². The first-order valence-electron chi connectivity index (χ1n) is 7.49. The summed E-state index contributed by atoms with van der Waals surface area (Å²) in [5.74, 6) is 0.814. The van der Waals surface area contributed by atoms with Crippen molar-refractivity contribution in [1.82, 2.24) is 0 Å². The lowest BCUT2D eigenvalue weighted by Gasteiger charge is -2.38. The Morgan fingerprint density at radius 2 is 2.05 bits per heavy atom. The van der Waals surface area contributed by atoms with E-state index in [-0.39, 0.29) is 11.5 Å². The number of hydrogen-bond donors (Lipinski definition) is 2. The molecule has 0 aromatic heterocycles. The second kappa shape index (κ2) is 3.98. The van der Waals surface area contributed by atoms with E-state index in [2.05, 4.69) is 19.1 Å². The molecule has 1 saturated carbocycles. The summed E-state index contributed by atoms with van der Waals surface area (Å²) in [4.78, 5) is 0. The van der Waals surface area contributed by atoms with Crippen LogP contribution in [0.3, 0.4) is 0 Å². The lowest BCUT2D eigenvalue weighted by Crippen LogP contribution is -2.26. The fraction of sp³-hybridized carbons (Fsp3) is 0.444. The number of benzene rings is 2. The summed E-state index contributed by atoms with van der Waals surface area (Å²) >= 11 is 0. The molecule has 0 aliphatic heterocycles. The number of rotatable bonds is 0. The van der Waals surface area contributed by atoms with Crippen molar-refractivity contribution in [3.8, 4) is 5.75 Å². The highest BCUT2D eigenvalue weighted by Gasteiger charge is 2.46. The Hall–Kier alpha value is -1.54. The number of aliphatic hydroxyl groups excluding tert-OH is 1. The summed E-state index contributed by atoms with van der Waals surface area (Å²) in [7, 11) is 0. The van der Waals surface area contributed by atoms with Crippen molar-refractivity contribution >= 4 is 10.8 Å². The lowest BCUT2D eigenvalue weighted by molar-refractivity contribution is 0.159. The van der Waals surface area contributed by atoms with Crippen molar-refractivity contribution in [2.24, 2.45) is 5.41 Å². The maximum absolute atomic E-state index is 10.1. The van der Waals surface area contributed by atoms with Crippen LogP contribution < -0.4 is 0 Å². The van der Waals surface area contributed by atoms with Crippen LogP contribution in [0, 0.1) is 5.41 Å². The van der Waals surface area contributed by atoms with Crippen molar-refractivity contribution in [1.29, 1.82) is 0 Å².